The first kappa shape index (κ1) is 96.1. The van der Waals surface area contributed by atoms with Gasteiger partial charge in [-0.1, -0.05) is 357 Å². The third kappa shape index (κ3) is 71.1. The molecule has 0 spiro atoms. The molecule has 0 heterocycles. The first-order chi connectivity index (χ1) is 47.3. The molecule has 0 aliphatic heterocycles. The lowest BCUT2D eigenvalue weighted by Gasteiger charge is -2.21. The fraction of sp³-hybridized carbons (Fsp3) is 0.949. The van der Waals surface area contributed by atoms with Crippen LogP contribution in [-0.2, 0) is 65.4 Å². The first-order valence-corrected chi connectivity index (χ1v) is 43.9. The molecule has 0 aromatic heterocycles. The molecule has 19 heteroatoms. The van der Waals surface area contributed by atoms with Gasteiger partial charge in [-0.05, 0) is 43.4 Å². The van der Waals surface area contributed by atoms with E-state index in [0.29, 0.717) is 25.7 Å². The molecule has 0 aliphatic carbocycles. The molecule has 3 unspecified atom stereocenters. The number of hydrogen-bond donors (Lipinski definition) is 3. The number of ether oxygens (including phenoxy) is 4. The molecule has 0 radical (unpaired) electrons. The molecular formula is C79H154O17P2. The van der Waals surface area contributed by atoms with E-state index in [2.05, 4.69) is 48.5 Å². The number of esters is 4. The van der Waals surface area contributed by atoms with Crippen molar-refractivity contribution >= 4 is 39.5 Å². The van der Waals surface area contributed by atoms with Crippen LogP contribution in [-0.4, -0.2) is 96.7 Å². The number of aliphatic hydroxyl groups excluding tert-OH is 1. The molecule has 0 saturated carbocycles. The Balaban J connectivity index is 5.20. The van der Waals surface area contributed by atoms with Crippen LogP contribution in [0, 0.1) is 17.8 Å². The molecule has 0 rings (SSSR count). The zero-order chi connectivity index (χ0) is 72.3. The summed E-state index contributed by atoms with van der Waals surface area (Å²) in [6.45, 7) is 12.0. The number of carbonyl (C=O) groups excluding carboxylic acids is 4. The minimum Gasteiger partial charge on any atom is -0.462 e. The standard InChI is InChI=1S/C79H154O17P2/c1-8-10-11-12-13-14-23-32-39-46-53-60-76(81)89-67-75(96-79(84)63-56-49-42-35-28-30-37-44-51-58-71(5)6)69-94-98(87,88)92-65-73(80)64-91-97(85,86)93-68-74(66-90-77(82)61-54-47-40-33-27-26-29-36-43-50-57-70(3)4)95-78(83)62-55-48-41-34-25-22-20-18-16-15-17-19-21-24-31-38-45-52-59-72(7)9-2/h70-75,80H,8-69H2,1-7H3,(H,85,86)(H,87,88)/t72?,73-,74-,75-/m1/s1. The number of unbranched alkanes of at least 4 members (excludes halogenated alkanes) is 44. The second-order valence-corrected chi connectivity index (χ2v) is 32.6. The van der Waals surface area contributed by atoms with E-state index >= 15 is 0 Å². The number of phosphoric acid groups is 2. The van der Waals surface area contributed by atoms with Crippen LogP contribution in [0.4, 0.5) is 0 Å². The zero-order valence-electron chi connectivity index (χ0n) is 64.3. The van der Waals surface area contributed by atoms with E-state index in [0.717, 1.165) is 108 Å². The predicted octanol–water partition coefficient (Wildman–Crippen LogP) is 23.4. The Morgan fingerprint density at radius 1 is 0.296 bits per heavy atom. The van der Waals surface area contributed by atoms with E-state index in [1.807, 2.05) is 0 Å². The molecular weight excluding hydrogens is 1280 g/mol. The van der Waals surface area contributed by atoms with Crippen molar-refractivity contribution in [2.75, 3.05) is 39.6 Å². The highest BCUT2D eigenvalue weighted by atomic mass is 31.2. The smallest absolute Gasteiger partial charge is 0.462 e. The van der Waals surface area contributed by atoms with Crippen LogP contribution in [0.3, 0.4) is 0 Å². The lowest BCUT2D eigenvalue weighted by atomic mass is 9.99. The molecule has 0 fully saturated rings. The average Bonchev–Trinajstić information content (AvgIpc) is 1.13. The Bertz CT molecular complexity index is 1910. The van der Waals surface area contributed by atoms with Crippen LogP contribution in [0.5, 0.6) is 0 Å². The number of rotatable bonds is 77. The second kappa shape index (κ2) is 69.4. The molecule has 0 aromatic carbocycles. The van der Waals surface area contributed by atoms with Gasteiger partial charge in [0, 0.05) is 25.7 Å². The maximum Gasteiger partial charge on any atom is 0.472 e. The van der Waals surface area contributed by atoms with Crippen molar-refractivity contribution in [2.45, 2.75) is 426 Å². The van der Waals surface area contributed by atoms with Crippen molar-refractivity contribution in [3.05, 3.63) is 0 Å². The summed E-state index contributed by atoms with van der Waals surface area (Å²) in [5.41, 5.74) is 0. The van der Waals surface area contributed by atoms with Gasteiger partial charge in [-0.2, -0.15) is 0 Å². The van der Waals surface area contributed by atoms with Crippen LogP contribution in [0.15, 0.2) is 0 Å². The molecule has 98 heavy (non-hydrogen) atoms. The summed E-state index contributed by atoms with van der Waals surface area (Å²) in [7, 11) is -9.92. The zero-order valence-corrected chi connectivity index (χ0v) is 66.0. The number of carbonyl (C=O) groups is 4. The average molecular weight is 1440 g/mol. The van der Waals surface area contributed by atoms with E-state index in [4.69, 9.17) is 37.0 Å². The van der Waals surface area contributed by atoms with Gasteiger partial charge in [0.2, 0.25) is 0 Å². The maximum absolute atomic E-state index is 13.1. The summed E-state index contributed by atoms with van der Waals surface area (Å²) < 4.78 is 68.6. The van der Waals surface area contributed by atoms with E-state index in [1.165, 1.54) is 218 Å². The van der Waals surface area contributed by atoms with Crippen LogP contribution in [0.2, 0.25) is 0 Å². The topological polar surface area (TPSA) is 237 Å². The molecule has 17 nitrogen and oxygen atoms in total. The number of hydrogen-bond acceptors (Lipinski definition) is 15. The fourth-order valence-electron chi connectivity index (χ4n) is 12.1. The SMILES string of the molecule is CCCCCCCCCCCCCC(=O)OC[C@H](COP(=O)(O)OC[C@H](O)COP(=O)(O)OC[C@@H](COC(=O)CCCCCCCCCCCCC(C)C)OC(=O)CCCCCCCCCCCCCCCCCCCCC(C)CC)OC(=O)CCCCCCCCCCCC(C)C. The monoisotopic (exact) mass is 1440 g/mol. The Labute approximate surface area is 600 Å². The van der Waals surface area contributed by atoms with Crippen molar-refractivity contribution in [1.82, 2.24) is 0 Å². The van der Waals surface area contributed by atoms with Crippen LogP contribution in [0.25, 0.3) is 0 Å². The summed E-state index contributed by atoms with van der Waals surface area (Å²) in [4.78, 5) is 72.9. The van der Waals surface area contributed by atoms with Gasteiger partial charge in [0.1, 0.15) is 19.3 Å². The summed E-state index contributed by atoms with van der Waals surface area (Å²) in [6.07, 6.45) is 56.9. The van der Waals surface area contributed by atoms with E-state index in [-0.39, 0.29) is 25.7 Å². The summed E-state index contributed by atoms with van der Waals surface area (Å²) in [5.74, 6) is 0.251. The lowest BCUT2D eigenvalue weighted by Crippen LogP contribution is -2.30. The Kier molecular flexibility index (Phi) is 68.1. The molecule has 582 valence electrons. The molecule has 0 saturated heterocycles. The maximum atomic E-state index is 13.1. The number of aliphatic hydroxyl groups is 1. The van der Waals surface area contributed by atoms with Crippen LogP contribution >= 0.6 is 15.6 Å². The Morgan fingerprint density at radius 2 is 0.520 bits per heavy atom. The second-order valence-electron chi connectivity index (χ2n) is 29.6. The molecule has 0 bridgehead atoms. The van der Waals surface area contributed by atoms with E-state index in [1.54, 1.807) is 0 Å². The largest absolute Gasteiger partial charge is 0.472 e. The van der Waals surface area contributed by atoms with Gasteiger partial charge < -0.3 is 33.8 Å². The highest BCUT2D eigenvalue weighted by molar-refractivity contribution is 7.47. The van der Waals surface area contributed by atoms with Crippen molar-refractivity contribution in [1.29, 1.82) is 0 Å². The van der Waals surface area contributed by atoms with Gasteiger partial charge in [0.05, 0.1) is 26.4 Å². The Hall–Kier alpha value is -1.94. The molecule has 3 N–H and O–H groups in total. The highest BCUT2D eigenvalue weighted by Crippen LogP contribution is 2.45. The van der Waals surface area contributed by atoms with Gasteiger partial charge in [0.25, 0.3) is 0 Å². The third-order valence-corrected chi connectivity index (χ3v) is 20.6. The first-order valence-electron chi connectivity index (χ1n) is 40.9. The molecule has 6 atom stereocenters. The lowest BCUT2D eigenvalue weighted by molar-refractivity contribution is -0.161. The minimum absolute atomic E-state index is 0.105. The molecule has 0 aromatic rings. The van der Waals surface area contributed by atoms with Gasteiger partial charge in [-0.3, -0.25) is 37.3 Å². The Morgan fingerprint density at radius 3 is 0.776 bits per heavy atom. The van der Waals surface area contributed by atoms with Gasteiger partial charge in [-0.25, -0.2) is 9.13 Å². The highest BCUT2D eigenvalue weighted by Gasteiger charge is 2.30. The van der Waals surface area contributed by atoms with Crippen molar-refractivity contribution in [3.63, 3.8) is 0 Å². The fourth-order valence-corrected chi connectivity index (χ4v) is 13.7. The minimum atomic E-state index is -4.96. The third-order valence-electron chi connectivity index (χ3n) is 18.7. The van der Waals surface area contributed by atoms with E-state index in [9.17, 15) is 43.2 Å². The van der Waals surface area contributed by atoms with Crippen molar-refractivity contribution in [3.8, 4) is 0 Å². The number of phosphoric ester groups is 2. The van der Waals surface area contributed by atoms with Gasteiger partial charge in [-0.15, -0.1) is 0 Å². The van der Waals surface area contributed by atoms with Crippen molar-refractivity contribution in [2.24, 2.45) is 17.8 Å². The van der Waals surface area contributed by atoms with Gasteiger partial charge in [0.15, 0.2) is 12.2 Å². The molecule has 0 amide bonds. The predicted molar refractivity (Wildman–Crippen MR) is 400 cm³/mol. The van der Waals surface area contributed by atoms with Crippen molar-refractivity contribution < 1.29 is 80.2 Å². The normalized spacial score (nSPS) is 14.3. The van der Waals surface area contributed by atoms with Gasteiger partial charge >= 0.3 is 39.5 Å². The summed E-state index contributed by atoms with van der Waals surface area (Å²) in [6, 6.07) is 0. The van der Waals surface area contributed by atoms with E-state index < -0.39 is 97.5 Å². The molecule has 0 aliphatic rings. The quantitative estimate of drug-likeness (QED) is 0.0222. The summed E-state index contributed by atoms with van der Waals surface area (Å²) in [5, 5.41) is 10.6. The van der Waals surface area contributed by atoms with Crippen LogP contribution < -0.4 is 0 Å². The van der Waals surface area contributed by atoms with Crippen LogP contribution in [0.1, 0.15) is 408 Å². The summed E-state index contributed by atoms with van der Waals surface area (Å²) >= 11 is 0.